The summed E-state index contributed by atoms with van der Waals surface area (Å²) in [6, 6.07) is 75.2. The highest BCUT2D eigenvalue weighted by atomic mass is 15.0. The van der Waals surface area contributed by atoms with Gasteiger partial charge in [-0.15, -0.1) is 0 Å². The highest BCUT2D eigenvalue weighted by Crippen LogP contribution is 2.44. The van der Waals surface area contributed by atoms with Crippen molar-refractivity contribution in [2.75, 3.05) is 0 Å². The van der Waals surface area contributed by atoms with Crippen molar-refractivity contribution in [2.24, 2.45) is 0 Å². The first-order valence-electron chi connectivity index (χ1n) is 23.1. The van der Waals surface area contributed by atoms with E-state index in [-0.39, 0.29) is 0 Å². The third kappa shape index (κ3) is 7.17. The zero-order valence-corrected chi connectivity index (χ0v) is 38.2. The summed E-state index contributed by atoms with van der Waals surface area (Å²) in [6.07, 6.45) is 3.80. The summed E-state index contributed by atoms with van der Waals surface area (Å²) in [5.41, 5.74) is 17.4. The molecule has 330 valence electrons. The van der Waals surface area contributed by atoms with Crippen LogP contribution in [0.4, 0.5) is 0 Å². The molecule has 8 heteroatoms. The van der Waals surface area contributed by atoms with Crippen LogP contribution in [-0.4, -0.2) is 14.1 Å². The fraction of sp³-hybridized carbons (Fsp3) is 0. The Labute approximate surface area is 413 Å². The van der Waals surface area contributed by atoms with E-state index in [4.69, 9.17) is 4.98 Å². The number of hydrogen-bond donors (Lipinski definition) is 0. The Hall–Kier alpha value is -10.8. The van der Waals surface area contributed by atoms with Gasteiger partial charge in [0, 0.05) is 27.1 Å². The van der Waals surface area contributed by atoms with E-state index in [0.717, 1.165) is 111 Å². The predicted octanol–water partition coefficient (Wildman–Crippen LogP) is 15.0. The molecular weight excluding hydrogens is 881 g/mol. The summed E-state index contributed by atoms with van der Waals surface area (Å²) in [5.74, 6) is 0. The van der Waals surface area contributed by atoms with Gasteiger partial charge in [0.05, 0.1) is 104 Å². The second kappa shape index (κ2) is 17.4. The predicted molar refractivity (Wildman–Crippen MR) is 284 cm³/mol. The van der Waals surface area contributed by atoms with Gasteiger partial charge in [0.2, 0.25) is 0 Å². The SMILES string of the molecule is N#Cc1ccc(-c2c(-n3c4ccc(-c5cccc(C#N)c5)cc4c4cc(-c5cccc(C#N)c5)ccc43)cncc2-n2c3ccc(-c4cccc(C#N)c4)cc3c3cc(-c4cccc(C#N)c4)ccc32)cc1. The van der Waals surface area contributed by atoms with E-state index in [1.807, 2.05) is 109 Å². The van der Waals surface area contributed by atoms with Crippen molar-refractivity contribution in [3.8, 4) is 97.4 Å². The quantitative estimate of drug-likeness (QED) is 0.156. The second-order valence-corrected chi connectivity index (χ2v) is 17.6. The van der Waals surface area contributed by atoms with Crippen molar-refractivity contribution in [1.82, 2.24) is 14.1 Å². The van der Waals surface area contributed by atoms with Crippen molar-refractivity contribution < 1.29 is 0 Å². The van der Waals surface area contributed by atoms with Crippen LogP contribution in [0.3, 0.4) is 0 Å². The first-order valence-corrected chi connectivity index (χ1v) is 23.1. The molecule has 3 heterocycles. The molecule has 0 radical (unpaired) electrons. The lowest BCUT2D eigenvalue weighted by Gasteiger charge is -2.20. The zero-order chi connectivity index (χ0) is 48.9. The lowest BCUT2D eigenvalue weighted by Crippen LogP contribution is -2.05. The molecule has 9 aromatic carbocycles. The topological polar surface area (TPSA) is 142 Å². The first-order chi connectivity index (χ1) is 35.4. The standard InChI is InChI=1S/C64H34N8/c65-33-40-13-15-45(16-14-40)64-62(71-58-21-17-50(46-9-1-5-41(25-46)34-66)29-54(58)55-30-51(18-22-59(55)71)47-10-2-6-42(26-47)35-67)38-70-39-63(64)72-60-23-19-52(48-11-3-7-43(27-48)36-68)31-56(60)57-32-53(20-24-61(57)72)49-12-4-8-44(28-49)37-69/h1-32,38-39H. The van der Waals surface area contributed by atoms with Crippen LogP contribution < -0.4 is 0 Å². The van der Waals surface area contributed by atoms with Gasteiger partial charge in [-0.05, 0) is 159 Å². The normalized spacial score (nSPS) is 11.0. The summed E-state index contributed by atoms with van der Waals surface area (Å²) < 4.78 is 4.52. The minimum atomic E-state index is 0.534. The van der Waals surface area contributed by atoms with Gasteiger partial charge < -0.3 is 9.13 Å². The molecular formula is C64H34N8. The molecule has 0 saturated heterocycles. The summed E-state index contributed by atoms with van der Waals surface area (Å²) in [6.45, 7) is 0. The van der Waals surface area contributed by atoms with Crippen molar-refractivity contribution in [1.29, 1.82) is 26.3 Å². The van der Waals surface area contributed by atoms with Gasteiger partial charge in [-0.1, -0.05) is 84.9 Å². The zero-order valence-electron chi connectivity index (χ0n) is 38.2. The van der Waals surface area contributed by atoms with Gasteiger partial charge in [0.25, 0.3) is 0 Å². The van der Waals surface area contributed by atoms with Crippen LogP contribution in [-0.2, 0) is 0 Å². The maximum absolute atomic E-state index is 9.99. The Bertz CT molecular complexity index is 3970. The number of aromatic nitrogens is 3. The minimum absolute atomic E-state index is 0.534. The highest BCUT2D eigenvalue weighted by molar-refractivity contribution is 6.14. The second-order valence-electron chi connectivity index (χ2n) is 17.6. The Morgan fingerprint density at radius 1 is 0.278 bits per heavy atom. The highest BCUT2D eigenvalue weighted by Gasteiger charge is 2.24. The maximum atomic E-state index is 9.99. The van der Waals surface area contributed by atoms with E-state index in [0.29, 0.717) is 27.8 Å². The van der Waals surface area contributed by atoms with Gasteiger partial charge >= 0.3 is 0 Å². The molecule has 0 fully saturated rings. The third-order valence-corrected chi connectivity index (χ3v) is 13.5. The van der Waals surface area contributed by atoms with Crippen LogP contribution in [0.2, 0.25) is 0 Å². The Balaban J connectivity index is 1.16. The van der Waals surface area contributed by atoms with E-state index in [1.165, 1.54) is 0 Å². The van der Waals surface area contributed by atoms with E-state index >= 15 is 0 Å². The smallest absolute Gasteiger partial charge is 0.0991 e. The van der Waals surface area contributed by atoms with Crippen molar-refractivity contribution in [3.05, 3.63) is 234 Å². The average Bonchev–Trinajstić information content (AvgIpc) is 3.96. The molecule has 0 bridgehead atoms. The summed E-state index contributed by atoms with van der Waals surface area (Å²) in [7, 11) is 0. The van der Waals surface area contributed by atoms with Gasteiger partial charge in [-0.25, -0.2) is 0 Å². The number of pyridine rings is 1. The molecule has 0 amide bonds. The lowest BCUT2D eigenvalue weighted by atomic mass is 9.99. The van der Waals surface area contributed by atoms with Gasteiger partial charge in [-0.2, -0.15) is 26.3 Å². The fourth-order valence-electron chi connectivity index (χ4n) is 10.1. The molecule has 72 heavy (non-hydrogen) atoms. The Morgan fingerprint density at radius 3 is 0.847 bits per heavy atom. The number of fused-ring (bicyclic) bond motifs is 6. The van der Waals surface area contributed by atoms with E-state index in [9.17, 15) is 26.3 Å². The van der Waals surface area contributed by atoms with Gasteiger partial charge in [0.1, 0.15) is 0 Å². The molecule has 0 aliphatic carbocycles. The molecule has 8 nitrogen and oxygen atoms in total. The average molecular weight is 915 g/mol. The largest absolute Gasteiger partial charge is 0.307 e. The van der Waals surface area contributed by atoms with Crippen LogP contribution >= 0.6 is 0 Å². The molecule has 0 aliphatic rings. The van der Waals surface area contributed by atoms with E-state index in [1.54, 1.807) is 24.3 Å². The fourth-order valence-corrected chi connectivity index (χ4v) is 10.1. The Kier molecular flexibility index (Phi) is 10.3. The third-order valence-electron chi connectivity index (χ3n) is 13.5. The number of rotatable bonds is 7. The van der Waals surface area contributed by atoms with Gasteiger partial charge in [0.15, 0.2) is 0 Å². The van der Waals surface area contributed by atoms with Crippen molar-refractivity contribution >= 4 is 43.6 Å². The summed E-state index contributed by atoms with van der Waals surface area (Å²) >= 11 is 0. The number of benzene rings is 9. The van der Waals surface area contributed by atoms with Crippen LogP contribution in [0.15, 0.2) is 207 Å². The molecule has 0 saturated carbocycles. The lowest BCUT2D eigenvalue weighted by molar-refractivity contribution is 1.09. The summed E-state index contributed by atoms with van der Waals surface area (Å²) in [4.78, 5) is 5.06. The molecule has 0 N–H and O–H groups in total. The molecule has 0 unspecified atom stereocenters. The molecule has 12 aromatic rings. The van der Waals surface area contributed by atoms with Crippen LogP contribution in [0.5, 0.6) is 0 Å². The first kappa shape index (κ1) is 42.5. The number of hydrogen-bond acceptors (Lipinski definition) is 6. The monoisotopic (exact) mass is 914 g/mol. The van der Waals surface area contributed by atoms with Crippen molar-refractivity contribution in [2.45, 2.75) is 0 Å². The maximum Gasteiger partial charge on any atom is 0.0991 e. The molecule has 12 rings (SSSR count). The number of nitrogens with zero attached hydrogens (tertiary/aromatic N) is 8. The molecule has 0 atom stereocenters. The van der Waals surface area contributed by atoms with Gasteiger partial charge in [-0.3, -0.25) is 4.98 Å². The van der Waals surface area contributed by atoms with Crippen LogP contribution in [0.1, 0.15) is 27.8 Å². The molecule has 0 spiro atoms. The van der Waals surface area contributed by atoms with E-state index < -0.39 is 0 Å². The molecule has 3 aromatic heterocycles. The summed E-state index contributed by atoms with van der Waals surface area (Å²) in [5, 5.41) is 53.2. The van der Waals surface area contributed by atoms with Crippen molar-refractivity contribution in [3.63, 3.8) is 0 Å². The Morgan fingerprint density at radius 2 is 0.556 bits per heavy atom. The van der Waals surface area contributed by atoms with Crippen LogP contribution in [0.25, 0.3) is 111 Å². The minimum Gasteiger partial charge on any atom is -0.307 e. The number of nitriles is 5. The van der Waals surface area contributed by atoms with Crippen LogP contribution in [0, 0.1) is 56.7 Å². The van der Waals surface area contributed by atoms with E-state index in [2.05, 4.69) is 112 Å². The molecule has 0 aliphatic heterocycles.